The molecule has 1 aromatic carbocycles. The molecule has 0 atom stereocenters. The molecule has 2 aliphatic heterocycles. The molecule has 2 fully saturated rings. The Hall–Kier alpha value is -1.24. The number of hydrogen-bond donors (Lipinski definition) is 0. The molecular weight excluding hydrogens is 616 g/mol. The molecule has 2 aliphatic rings. The minimum Gasteiger partial charge on any atom is -0.490 e. The third-order valence-corrected chi connectivity index (χ3v) is 7.89. The van der Waals surface area contributed by atoms with Crippen molar-refractivity contribution >= 4 is 49.3 Å². The van der Waals surface area contributed by atoms with Gasteiger partial charge in [-0.05, 0) is 63.4 Å². The Morgan fingerprint density at radius 3 is 2.26 bits per heavy atom. The van der Waals surface area contributed by atoms with E-state index in [1.807, 2.05) is 0 Å². The molecule has 7 nitrogen and oxygen atoms in total. The molecule has 2 aromatic rings. The van der Waals surface area contributed by atoms with Crippen molar-refractivity contribution in [1.29, 1.82) is 0 Å². The van der Waals surface area contributed by atoms with Crippen LogP contribution in [0.25, 0.3) is 0 Å². The molecule has 0 spiro atoms. The Labute approximate surface area is 224 Å². The average Bonchev–Trinajstić information content (AvgIpc) is 2.87. The van der Waals surface area contributed by atoms with Crippen molar-refractivity contribution in [3.63, 3.8) is 0 Å². The SMILES string of the molecule is Fc1nc(N2CCOCC2)c(F)c(Oc2cc(Br)c(Br)cc2OCCCCN2CCOCC2)c1Cl. The highest BCUT2D eigenvalue weighted by Crippen LogP contribution is 2.43. The van der Waals surface area contributed by atoms with Crippen LogP contribution in [-0.2, 0) is 9.47 Å². The van der Waals surface area contributed by atoms with Gasteiger partial charge in [0.15, 0.2) is 23.1 Å². The molecule has 1 aromatic heterocycles. The van der Waals surface area contributed by atoms with Crippen molar-refractivity contribution < 1.29 is 27.7 Å². The smallest absolute Gasteiger partial charge is 0.237 e. The molecule has 12 heteroatoms. The van der Waals surface area contributed by atoms with Crippen molar-refractivity contribution in [2.45, 2.75) is 12.8 Å². The number of nitrogens with zero attached hydrogens (tertiary/aromatic N) is 3. The lowest BCUT2D eigenvalue weighted by molar-refractivity contribution is 0.0368. The van der Waals surface area contributed by atoms with Gasteiger partial charge in [0.1, 0.15) is 5.02 Å². The van der Waals surface area contributed by atoms with Crippen molar-refractivity contribution in [2.75, 3.05) is 70.7 Å². The Bertz CT molecular complexity index is 1020. The van der Waals surface area contributed by atoms with Gasteiger partial charge in [0, 0.05) is 35.1 Å². The van der Waals surface area contributed by atoms with Gasteiger partial charge in [-0.3, -0.25) is 4.90 Å². The summed E-state index contributed by atoms with van der Waals surface area (Å²) in [5, 5.41) is -0.532. The van der Waals surface area contributed by atoms with Gasteiger partial charge in [-0.15, -0.1) is 0 Å². The van der Waals surface area contributed by atoms with E-state index in [4.69, 9.17) is 30.5 Å². The first-order chi connectivity index (χ1) is 16.9. The molecule has 35 heavy (non-hydrogen) atoms. The van der Waals surface area contributed by atoms with Crippen LogP contribution in [0.15, 0.2) is 21.1 Å². The summed E-state index contributed by atoms with van der Waals surface area (Å²) in [7, 11) is 0. The Morgan fingerprint density at radius 1 is 0.943 bits per heavy atom. The number of anilines is 1. The number of unbranched alkanes of at least 4 members (excludes halogenated alkanes) is 1. The molecular formula is C23H26Br2ClF2N3O4. The van der Waals surface area contributed by atoms with Crippen LogP contribution >= 0.6 is 43.5 Å². The monoisotopic (exact) mass is 639 g/mol. The van der Waals surface area contributed by atoms with E-state index in [0.717, 1.165) is 50.2 Å². The van der Waals surface area contributed by atoms with E-state index in [2.05, 4.69) is 41.7 Å². The van der Waals surface area contributed by atoms with Gasteiger partial charge in [-0.2, -0.15) is 13.8 Å². The number of morpholine rings is 2. The molecule has 0 bridgehead atoms. The highest BCUT2D eigenvalue weighted by atomic mass is 79.9. The van der Waals surface area contributed by atoms with Crippen molar-refractivity contribution in [3.8, 4) is 17.2 Å². The van der Waals surface area contributed by atoms with Crippen LogP contribution in [0, 0.1) is 11.8 Å². The van der Waals surface area contributed by atoms with Gasteiger partial charge < -0.3 is 23.8 Å². The normalized spacial score (nSPS) is 17.0. The zero-order valence-corrected chi connectivity index (χ0v) is 22.9. The van der Waals surface area contributed by atoms with Crippen LogP contribution in [0.4, 0.5) is 14.6 Å². The van der Waals surface area contributed by atoms with Crippen LogP contribution in [0.1, 0.15) is 12.8 Å². The molecule has 4 rings (SSSR count). The first-order valence-corrected chi connectivity index (χ1v) is 13.4. The third kappa shape index (κ3) is 6.95. The standard InChI is InChI=1S/C23H26Br2ClF2N3O4/c24-15-13-17(34-8-2-1-3-30-4-9-32-10-5-30)18(14-16(15)25)35-21-19(26)22(28)29-23(20(21)27)31-6-11-33-12-7-31/h13-14H,1-12H2. The number of pyridine rings is 1. The Morgan fingerprint density at radius 2 is 1.57 bits per heavy atom. The number of hydrogen-bond acceptors (Lipinski definition) is 7. The van der Waals surface area contributed by atoms with E-state index in [1.54, 1.807) is 17.0 Å². The van der Waals surface area contributed by atoms with Crippen molar-refractivity contribution in [3.05, 3.63) is 37.9 Å². The van der Waals surface area contributed by atoms with Crippen molar-refractivity contribution in [1.82, 2.24) is 9.88 Å². The number of rotatable bonds is 9. The summed E-state index contributed by atoms with van der Waals surface area (Å²) in [5.41, 5.74) is 0. The fraction of sp³-hybridized carbons (Fsp3) is 0.522. The second kappa shape index (κ2) is 12.8. The second-order valence-electron chi connectivity index (χ2n) is 8.11. The molecule has 0 N–H and O–H groups in total. The third-order valence-electron chi connectivity index (χ3n) is 5.72. The number of ether oxygens (including phenoxy) is 4. The summed E-state index contributed by atoms with van der Waals surface area (Å²) in [6, 6.07) is 3.34. The maximum atomic E-state index is 15.4. The summed E-state index contributed by atoms with van der Waals surface area (Å²) < 4.78 is 53.8. The predicted molar refractivity (Wildman–Crippen MR) is 136 cm³/mol. The zero-order valence-electron chi connectivity index (χ0n) is 19.0. The number of aromatic nitrogens is 1. The van der Waals surface area contributed by atoms with E-state index in [0.29, 0.717) is 43.1 Å². The average molecular weight is 642 g/mol. The predicted octanol–water partition coefficient (Wildman–Crippen LogP) is 5.66. The molecule has 192 valence electrons. The number of benzene rings is 1. The van der Waals surface area contributed by atoms with Crippen LogP contribution < -0.4 is 14.4 Å². The second-order valence-corrected chi connectivity index (χ2v) is 10.2. The van der Waals surface area contributed by atoms with E-state index in [9.17, 15) is 4.39 Å². The quantitative estimate of drug-likeness (QED) is 0.259. The highest BCUT2D eigenvalue weighted by molar-refractivity contribution is 9.13. The van der Waals surface area contributed by atoms with Gasteiger partial charge in [0.2, 0.25) is 11.8 Å². The van der Waals surface area contributed by atoms with Crippen molar-refractivity contribution in [2.24, 2.45) is 0 Å². The zero-order chi connectivity index (χ0) is 24.8. The molecule has 0 unspecified atom stereocenters. The Kier molecular flexibility index (Phi) is 9.83. The first kappa shape index (κ1) is 26.8. The summed E-state index contributed by atoms with van der Waals surface area (Å²) in [6.45, 7) is 6.39. The molecule has 0 aliphatic carbocycles. The summed E-state index contributed by atoms with van der Waals surface area (Å²) >= 11 is 13.0. The lowest BCUT2D eigenvalue weighted by atomic mass is 10.2. The van der Waals surface area contributed by atoms with Gasteiger partial charge in [0.25, 0.3) is 0 Å². The van der Waals surface area contributed by atoms with E-state index in [-0.39, 0.29) is 11.6 Å². The largest absolute Gasteiger partial charge is 0.490 e. The van der Waals surface area contributed by atoms with Crippen LogP contribution in [0.3, 0.4) is 0 Å². The minimum absolute atomic E-state index is 0.160. The summed E-state index contributed by atoms with van der Waals surface area (Å²) in [4.78, 5) is 7.69. The molecule has 2 saturated heterocycles. The first-order valence-electron chi connectivity index (χ1n) is 11.4. The highest BCUT2D eigenvalue weighted by Gasteiger charge is 2.27. The van der Waals surface area contributed by atoms with Gasteiger partial charge >= 0.3 is 0 Å². The number of halogens is 5. The van der Waals surface area contributed by atoms with Gasteiger partial charge in [-0.25, -0.2) is 0 Å². The van der Waals surface area contributed by atoms with Crippen LogP contribution in [0.2, 0.25) is 5.02 Å². The van der Waals surface area contributed by atoms with E-state index < -0.39 is 22.5 Å². The molecule has 0 amide bonds. The maximum Gasteiger partial charge on any atom is 0.237 e. The van der Waals surface area contributed by atoms with E-state index in [1.165, 1.54) is 0 Å². The summed E-state index contributed by atoms with van der Waals surface area (Å²) in [6.07, 6.45) is 1.79. The van der Waals surface area contributed by atoms with Crippen LogP contribution in [-0.4, -0.2) is 75.6 Å². The van der Waals surface area contributed by atoms with E-state index >= 15 is 4.39 Å². The fourth-order valence-electron chi connectivity index (χ4n) is 3.81. The maximum absolute atomic E-state index is 15.4. The lowest BCUT2D eigenvalue weighted by Gasteiger charge is -2.28. The molecule has 3 heterocycles. The van der Waals surface area contributed by atoms with Gasteiger partial charge in [-0.1, -0.05) is 11.6 Å². The lowest BCUT2D eigenvalue weighted by Crippen LogP contribution is -2.37. The Balaban J connectivity index is 1.48. The minimum atomic E-state index is -1.01. The molecule has 0 saturated carbocycles. The summed E-state index contributed by atoms with van der Waals surface area (Å²) in [5.74, 6) is -1.86. The topological polar surface area (TPSA) is 56.3 Å². The van der Waals surface area contributed by atoms with Crippen LogP contribution in [0.5, 0.6) is 17.2 Å². The van der Waals surface area contributed by atoms with Gasteiger partial charge in [0.05, 0.1) is 33.0 Å². The fourth-order valence-corrected chi connectivity index (χ4v) is 4.62. The molecule has 0 radical (unpaired) electrons.